The average molecular weight is 935 g/mol. The fraction of sp³-hybridized carbons (Fsp3) is 0.312. The van der Waals surface area contributed by atoms with E-state index in [1.807, 2.05) is 0 Å². The maximum Gasteiger partial charge on any atom is 1.00 e. The van der Waals surface area contributed by atoms with Crippen molar-refractivity contribution in [1.29, 1.82) is 0 Å². The van der Waals surface area contributed by atoms with Crippen molar-refractivity contribution in [2.45, 2.75) is 43.9 Å². The minimum absolute atomic E-state index is 0. The van der Waals surface area contributed by atoms with Crippen molar-refractivity contribution in [3.8, 4) is 17.2 Å². The predicted octanol–water partition coefficient (Wildman–Crippen LogP) is -8.91. The Morgan fingerprint density at radius 2 is 1.03 bits per heavy atom. The minimum atomic E-state index is -3.14. The van der Waals surface area contributed by atoms with Crippen LogP contribution < -0.4 is 143 Å². The van der Waals surface area contributed by atoms with Gasteiger partial charge in [0.15, 0.2) is 11.5 Å². The third kappa shape index (κ3) is 20.2. The van der Waals surface area contributed by atoms with Crippen LogP contribution in [0.2, 0.25) is 0 Å². The fourth-order valence-corrected chi connectivity index (χ4v) is 6.69. The van der Waals surface area contributed by atoms with Crippen LogP contribution in [-0.2, 0) is 68.6 Å². The van der Waals surface area contributed by atoms with Crippen molar-refractivity contribution in [3.63, 3.8) is 0 Å². The SMILES string of the molecule is COc1cc(Cc2cnc(NC(CC(OS(=O)[O-])c3ccccc3)OS(=O)[O-])nc2NC(CC(OS(=O)[O-])c2ccccc2)OS(=O)[O-])cc(OC)c1OC.[Na+].[Na+].[Na+].[Na+]. The zero-order valence-corrected chi connectivity index (χ0v) is 44.4. The summed E-state index contributed by atoms with van der Waals surface area (Å²) in [6, 6.07) is 19.4. The Bertz CT molecular complexity index is 1930. The molecule has 0 aliphatic rings. The van der Waals surface area contributed by atoms with E-state index in [1.54, 1.807) is 72.8 Å². The molecule has 19 nitrogen and oxygen atoms in total. The van der Waals surface area contributed by atoms with Gasteiger partial charge in [0.2, 0.25) is 11.7 Å². The molecule has 0 aliphatic carbocycles. The molecule has 2 N–H and O–H groups in total. The van der Waals surface area contributed by atoms with Gasteiger partial charge in [-0.15, -0.1) is 0 Å². The molecule has 3 aromatic carbocycles. The Balaban J connectivity index is 0.00000841. The van der Waals surface area contributed by atoms with Crippen molar-refractivity contribution in [1.82, 2.24) is 9.97 Å². The molecule has 0 fully saturated rings. The molecule has 0 bridgehead atoms. The summed E-state index contributed by atoms with van der Waals surface area (Å²) < 4.78 is 130. The van der Waals surface area contributed by atoms with Gasteiger partial charge in [0.1, 0.15) is 30.5 Å². The Kier molecular flexibility index (Phi) is 31.0. The summed E-state index contributed by atoms with van der Waals surface area (Å²) in [5, 5.41) is 5.55. The number of rotatable bonds is 23. The first-order valence-electron chi connectivity index (χ1n) is 15.7. The summed E-state index contributed by atoms with van der Waals surface area (Å²) in [4.78, 5) is 8.75. The van der Waals surface area contributed by atoms with E-state index < -0.39 is 83.0 Å². The number of methoxy groups -OCH3 is 3. The Morgan fingerprint density at radius 1 is 0.610 bits per heavy atom. The molecule has 0 spiro atoms. The molecule has 0 aliphatic heterocycles. The molecule has 0 saturated carbocycles. The molecule has 8 unspecified atom stereocenters. The zero-order chi connectivity index (χ0) is 39.9. The maximum atomic E-state index is 11.9. The molecule has 0 amide bonds. The van der Waals surface area contributed by atoms with Gasteiger partial charge >= 0.3 is 118 Å². The fourth-order valence-electron chi connectivity index (χ4n) is 5.29. The number of aromatic nitrogens is 2. The Labute approximate surface area is 440 Å². The molecule has 8 atom stereocenters. The zero-order valence-electron chi connectivity index (χ0n) is 33.1. The molecule has 4 rings (SSSR count). The van der Waals surface area contributed by atoms with E-state index in [0.29, 0.717) is 39.5 Å². The number of nitrogens with zero attached hydrogens (tertiary/aromatic N) is 2. The average Bonchev–Trinajstić information content (AvgIpc) is 3.14. The van der Waals surface area contributed by atoms with Gasteiger partial charge in [-0.05, 0) is 28.8 Å². The molecular formula is C32H34N4Na4O15S4. The Hall–Kier alpha value is 0.0200. The van der Waals surface area contributed by atoms with Gasteiger partial charge in [0.05, 0.1) is 66.8 Å². The van der Waals surface area contributed by atoms with Crippen molar-refractivity contribution >= 4 is 57.2 Å². The quantitative estimate of drug-likeness (QED) is 0.0397. The second kappa shape index (κ2) is 31.0. The molecule has 1 heterocycles. The summed E-state index contributed by atoms with van der Waals surface area (Å²) in [7, 11) is 4.29. The van der Waals surface area contributed by atoms with Gasteiger partial charge < -0.3 is 43.1 Å². The van der Waals surface area contributed by atoms with Crippen LogP contribution in [0.1, 0.15) is 47.3 Å². The van der Waals surface area contributed by atoms with Crippen LogP contribution in [0.25, 0.3) is 0 Å². The third-order valence-corrected chi connectivity index (χ3v) is 9.11. The van der Waals surface area contributed by atoms with Crippen molar-refractivity contribution in [3.05, 3.63) is 101 Å². The molecular weight excluding hydrogens is 901 g/mol. The summed E-state index contributed by atoms with van der Waals surface area (Å²) >= 11 is -12.3. The summed E-state index contributed by atoms with van der Waals surface area (Å²) in [6.07, 6.45) is -4.90. The van der Waals surface area contributed by atoms with E-state index in [4.69, 9.17) is 30.9 Å². The molecule has 59 heavy (non-hydrogen) atoms. The molecule has 300 valence electrons. The van der Waals surface area contributed by atoms with Gasteiger partial charge in [0, 0.05) is 31.0 Å². The second-order valence-corrected chi connectivity index (χ2v) is 13.4. The van der Waals surface area contributed by atoms with Crippen LogP contribution in [0, 0.1) is 0 Å². The molecule has 4 aromatic rings. The first-order valence-corrected chi connectivity index (χ1v) is 19.7. The maximum absolute atomic E-state index is 11.9. The van der Waals surface area contributed by atoms with Gasteiger partial charge in [-0.1, -0.05) is 60.7 Å². The number of hydrogen-bond donors (Lipinski definition) is 2. The number of ether oxygens (including phenoxy) is 3. The van der Waals surface area contributed by atoms with Crippen LogP contribution >= 0.6 is 0 Å². The number of hydrogen-bond acceptors (Lipinski definition) is 19. The number of anilines is 2. The van der Waals surface area contributed by atoms with E-state index in [-0.39, 0.29) is 136 Å². The van der Waals surface area contributed by atoms with Crippen LogP contribution in [0.5, 0.6) is 17.2 Å². The van der Waals surface area contributed by atoms with Crippen LogP contribution in [0.3, 0.4) is 0 Å². The first kappa shape index (κ1) is 59.0. The van der Waals surface area contributed by atoms with Crippen LogP contribution in [0.15, 0.2) is 79.0 Å². The standard InChI is InChI=1S/C32H38N4O15S4.4Na/c1-45-26-15-20(16-27(46-2)30(26)47-3)14-23-19-33-32(35-29(51-55(43)44)18-25(49-53(39)40)22-12-8-5-9-13-22)36-31(23)34-28(50-54(41)42)17-24(48-52(37)38)21-10-6-4-7-11-21;;;;/h4-13,15-16,19,24-25,28-29H,14,17-18H2,1-3H3,(H,37,38)(H,39,40)(H,41,42)(H,43,44)(H2,33,34,35,36);;;;/q;4*+1/p-4. The predicted molar refractivity (Wildman–Crippen MR) is 193 cm³/mol. The van der Waals surface area contributed by atoms with Crippen LogP contribution in [0.4, 0.5) is 11.8 Å². The number of nitrogens with one attached hydrogen (secondary N) is 2. The van der Waals surface area contributed by atoms with E-state index in [9.17, 15) is 35.0 Å². The second-order valence-electron chi connectivity index (χ2n) is 11.0. The summed E-state index contributed by atoms with van der Waals surface area (Å²) in [6.45, 7) is 0. The summed E-state index contributed by atoms with van der Waals surface area (Å²) in [5.74, 6) is 0.608. The first-order chi connectivity index (χ1) is 26.4. The third-order valence-electron chi connectivity index (χ3n) is 7.55. The normalized spacial score (nSPS) is 14.7. The topological polar surface area (TPSA) is 275 Å². The van der Waals surface area contributed by atoms with E-state index in [1.165, 1.54) is 27.5 Å². The van der Waals surface area contributed by atoms with Crippen LogP contribution in [-0.4, -0.2) is 78.8 Å². The van der Waals surface area contributed by atoms with Crippen molar-refractivity contribution < 1.29 is 184 Å². The van der Waals surface area contributed by atoms with E-state index >= 15 is 0 Å². The monoisotopic (exact) mass is 934 g/mol. The van der Waals surface area contributed by atoms with Gasteiger partial charge in [-0.2, -0.15) is 4.98 Å². The molecule has 0 saturated heterocycles. The molecule has 0 radical (unpaired) electrons. The smallest absolute Gasteiger partial charge is 0.750 e. The largest absolute Gasteiger partial charge is 1.00 e. The number of benzene rings is 3. The van der Waals surface area contributed by atoms with E-state index in [0.717, 1.165) is 0 Å². The molecule has 1 aromatic heterocycles. The van der Waals surface area contributed by atoms with Gasteiger partial charge in [-0.3, -0.25) is 16.7 Å². The minimum Gasteiger partial charge on any atom is -0.750 e. The van der Waals surface area contributed by atoms with Crippen molar-refractivity contribution in [2.24, 2.45) is 0 Å². The molecule has 27 heteroatoms. The van der Waals surface area contributed by atoms with E-state index in [2.05, 4.69) is 20.6 Å². The summed E-state index contributed by atoms with van der Waals surface area (Å²) in [5.41, 5.74) is 1.64. The van der Waals surface area contributed by atoms with Crippen molar-refractivity contribution in [2.75, 3.05) is 32.0 Å². The Morgan fingerprint density at radius 3 is 1.42 bits per heavy atom. The van der Waals surface area contributed by atoms with Gasteiger partial charge in [0.25, 0.3) is 0 Å². The van der Waals surface area contributed by atoms with Gasteiger partial charge in [-0.25, -0.2) is 21.8 Å².